The molecule has 17 heavy (non-hydrogen) atoms. The van der Waals surface area contributed by atoms with Crippen LogP contribution in [0.5, 0.6) is 5.75 Å². The first-order chi connectivity index (χ1) is 8.20. The van der Waals surface area contributed by atoms with E-state index >= 15 is 0 Å². The average molecular weight is 235 g/mol. The first kappa shape index (κ1) is 12.2. The van der Waals surface area contributed by atoms with Gasteiger partial charge in [0.2, 0.25) is 0 Å². The molecule has 1 aliphatic rings. The Hall–Kier alpha value is -1.29. The van der Waals surface area contributed by atoms with E-state index in [1.807, 2.05) is 13.0 Å². The summed E-state index contributed by atoms with van der Waals surface area (Å²) in [4.78, 5) is 6.63. The third-order valence-electron chi connectivity index (χ3n) is 3.17. The Balaban J connectivity index is 1.86. The maximum Gasteiger partial charge on any atom is 0.160 e. The molecule has 1 aromatic rings. The van der Waals surface area contributed by atoms with Crippen LogP contribution in [0, 0.1) is 6.92 Å². The Morgan fingerprint density at radius 3 is 2.94 bits per heavy atom. The van der Waals surface area contributed by atoms with Crippen LogP contribution in [0.15, 0.2) is 12.3 Å². The zero-order valence-corrected chi connectivity index (χ0v) is 10.9. The van der Waals surface area contributed by atoms with Crippen molar-refractivity contribution in [1.82, 2.24) is 9.88 Å². The van der Waals surface area contributed by atoms with Gasteiger partial charge in [-0.2, -0.15) is 0 Å². The fraction of sp³-hybridized carbons (Fsp3) is 0.615. The van der Waals surface area contributed by atoms with Gasteiger partial charge in [-0.15, -0.1) is 0 Å². The van der Waals surface area contributed by atoms with E-state index in [1.165, 1.54) is 12.8 Å². The molecule has 0 unspecified atom stereocenters. The van der Waals surface area contributed by atoms with Gasteiger partial charge in [0.15, 0.2) is 5.75 Å². The van der Waals surface area contributed by atoms with E-state index < -0.39 is 0 Å². The van der Waals surface area contributed by atoms with Crippen LogP contribution in [0.4, 0.5) is 5.69 Å². The second-order valence-electron chi connectivity index (χ2n) is 4.66. The molecule has 0 amide bonds. The van der Waals surface area contributed by atoms with Crippen molar-refractivity contribution in [3.05, 3.63) is 18.0 Å². The SMILES string of the molecule is COc1cnc(C)cc1NCCN(C)C1CC1. The number of rotatable bonds is 6. The van der Waals surface area contributed by atoms with Crippen molar-refractivity contribution in [2.75, 3.05) is 32.6 Å². The highest BCUT2D eigenvalue weighted by Gasteiger charge is 2.25. The van der Waals surface area contributed by atoms with Gasteiger partial charge >= 0.3 is 0 Å². The number of aryl methyl sites for hydroxylation is 1. The van der Waals surface area contributed by atoms with Crippen LogP contribution in [-0.2, 0) is 0 Å². The van der Waals surface area contributed by atoms with Crippen molar-refractivity contribution >= 4 is 5.69 Å². The Bertz CT molecular complexity index is 377. The molecule has 1 aromatic heterocycles. The molecular formula is C13H21N3O. The van der Waals surface area contributed by atoms with Gasteiger partial charge in [-0.3, -0.25) is 4.98 Å². The lowest BCUT2D eigenvalue weighted by molar-refractivity contribution is 0.337. The van der Waals surface area contributed by atoms with E-state index in [4.69, 9.17) is 4.74 Å². The number of aromatic nitrogens is 1. The molecular weight excluding hydrogens is 214 g/mol. The second-order valence-corrected chi connectivity index (χ2v) is 4.66. The van der Waals surface area contributed by atoms with E-state index in [0.29, 0.717) is 0 Å². The van der Waals surface area contributed by atoms with Gasteiger partial charge in [0.05, 0.1) is 19.0 Å². The predicted octanol–water partition coefficient (Wildman–Crippen LogP) is 1.90. The van der Waals surface area contributed by atoms with Gasteiger partial charge < -0.3 is 15.0 Å². The number of pyridine rings is 1. The van der Waals surface area contributed by atoms with Crippen molar-refractivity contribution in [1.29, 1.82) is 0 Å². The predicted molar refractivity (Wildman–Crippen MR) is 69.7 cm³/mol. The van der Waals surface area contributed by atoms with E-state index in [9.17, 15) is 0 Å². The standard InChI is InChI=1S/C13H21N3O/c1-10-8-12(13(17-3)9-15-10)14-6-7-16(2)11-4-5-11/h8-9,11H,4-7H2,1-3H3,(H,14,15). The number of ether oxygens (including phenoxy) is 1. The molecule has 0 radical (unpaired) electrons. The molecule has 1 aliphatic carbocycles. The third kappa shape index (κ3) is 3.33. The molecule has 0 saturated heterocycles. The Kier molecular flexibility index (Phi) is 3.84. The van der Waals surface area contributed by atoms with Gasteiger partial charge in [-0.05, 0) is 32.9 Å². The molecule has 94 valence electrons. The number of methoxy groups -OCH3 is 1. The molecule has 0 spiro atoms. The topological polar surface area (TPSA) is 37.4 Å². The molecule has 4 heteroatoms. The minimum Gasteiger partial charge on any atom is -0.493 e. The van der Waals surface area contributed by atoms with Gasteiger partial charge in [0.25, 0.3) is 0 Å². The monoisotopic (exact) mass is 235 g/mol. The molecule has 1 saturated carbocycles. The molecule has 0 atom stereocenters. The molecule has 0 aromatic carbocycles. The summed E-state index contributed by atoms with van der Waals surface area (Å²) >= 11 is 0. The van der Waals surface area contributed by atoms with Crippen molar-refractivity contribution in [2.45, 2.75) is 25.8 Å². The maximum atomic E-state index is 5.28. The summed E-state index contributed by atoms with van der Waals surface area (Å²) in [7, 11) is 3.86. The average Bonchev–Trinajstić information content (AvgIpc) is 3.13. The first-order valence-corrected chi connectivity index (χ1v) is 6.15. The second kappa shape index (κ2) is 5.36. The molecule has 1 fully saturated rings. The minimum atomic E-state index is 0.810. The van der Waals surface area contributed by atoms with Crippen LogP contribution < -0.4 is 10.1 Å². The zero-order chi connectivity index (χ0) is 12.3. The Morgan fingerprint density at radius 2 is 2.29 bits per heavy atom. The van der Waals surface area contributed by atoms with Crippen molar-refractivity contribution in [2.24, 2.45) is 0 Å². The highest BCUT2D eigenvalue weighted by molar-refractivity contribution is 5.55. The largest absolute Gasteiger partial charge is 0.493 e. The number of anilines is 1. The van der Waals surface area contributed by atoms with E-state index in [2.05, 4.69) is 22.2 Å². The highest BCUT2D eigenvalue weighted by atomic mass is 16.5. The summed E-state index contributed by atoms with van der Waals surface area (Å²) in [6.07, 6.45) is 4.48. The van der Waals surface area contributed by atoms with Gasteiger partial charge in [-0.25, -0.2) is 0 Å². The molecule has 0 bridgehead atoms. The lowest BCUT2D eigenvalue weighted by Crippen LogP contribution is -2.27. The molecule has 2 rings (SSSR count). The first-order valence-electron chi connectivity index (χ1n) is 6.15. The molecule has 1 N–H and O–H groups in total. The van der Waals surface area contributed by atoms with Crippen molar-refractivity contribution in [3.8, 4) is 5.75 Å². The Labute approximate surface area is 103 Å². The fourth-order valence-electron chi connectivity index (χ4n) is 1.91. The molecule has 1 heterocycles. The number of hydrogen-bond acceptors (Lipinski definition) is 4. The van der Waals surface area contributed by atoms with Crippen molar-refractivity contribution < 1.29 is 4.74 Å². The van der Waals surface area contributed by atoms with Crippen LogP contribution in [0.1, 0.15) is 18.5 Å². The van der Waals surface area contributed by atoms with Crippen LogP contribution in [0.25, 0.3) is 0 Å². The quantitative estimate of drug-likeness (QED) is 0.817. The number of likely N-dealkylation sites (N-methyl/N-ethyl adjacent to an activating group) is 1. The van der Waals surface area contributed by atoms with E-state index in [1.54, 1.807) is 13.3 Å². The Morgan fingerprint density at radius 1 is 1.53 bits per heavy atom. The van der Waals surface area contributed by atoms with E-state index in [0.717, 1.165) is 36.3 Å². The van der Waals surface area contributed by atoms with Gasteiger partial charge in [0, 0.05) is 24.8 Å². The maximum absolute atomic E-state index is 5.28. The fourth-order valence-corrected chi connectivity index (χ4v) is 1.91. The number of hydrogen-bond donors (Lipinski definition) is 1. The third-order valence-corrected chi connectivity index (χ3v) is 3.17. The highest BCUT2D eigenvalue weighted by Crippen LogP contribution is 2.25. The van der Waals surface area contributed by atoms with Crippen LogP contribution in [-0.4, -0.2) is 43.2 Å². The lowest BCUT2D eigenvalue weighted by Gasteiger charge is -2.17. The summed E-state index contributed by atoms with van der Waals surface area (Å²) in [5, 5.41) is 3.41. The van der Waals surface area contributed by atoms with Crippen LogP contribution >= 0.6 is 0 Å². The van der Waals surface area contributed by atoms with E-state index in [-0.39, 0.29) is 0 Å². The number of nitrogens with one attached hydrogen (secondary N) is 1. The summed E-state index contributed by atoms with van der Waals surface area (Å²) in [6.45, 7) is 3.99. The summed E-state index contributed by atoms with van der Waals surface area (Å²) < 4.78 is 5.28. The van der Waals surface area contributed by atoms with Crippen molar-refractivity contribution in [3.63, 3.8) is 0 Å². The van der Waals surface area contributed by atoms with Gasteiger partial charge in [-0.1, -0.05) is 0 Å². The summed E-state index contributed by atoms with van der Waals surface area (Å²) in [5.41, 5.74) is 2.04. The van der Waals surface area contributed by atoms with Crippen LogP contribution in [0.2, 0.25) is 0 Å². The summed E-state index contributed by atoms with van der Waals surface area (Å²) in [5.74, 6) is 0.810. The molecule has 4 nitrogen and oxygen atoms in total. The zero-order valence-electron chi connectivity index (χ0n) is 10.9. The minimum absolute atomic E-state index is 0.810. The number of nitrogens with zero attached hydrogens (tertiary/aromatic N) is 2. The van der Waals surface area contributed by atoms with Crippen LogP contribution in [0.3, 0.4) is 0 Å². The lowest BCUT2D eigenvalue weighted by atomic mass is 10.3. The summed E-state index contributed by atoms with van der Waals surface area (Å²) in [6, 6.07) is 2.84. The van der Waals surface area contributed by atoms with Gasteiger partial charge in [0.1, 0.15) is 0 Å². The normalized spacial score (nSPS) is 15.1. The smallest absolute Gasteiger partial charge is 0.160 e. The molecule has 0 aliphatic heterocycles.